The van der Waals surface area contributed by atoms with Crippen LogP contribution >= 0.6 is 0 Å². The van der Waals surface area contributed by atoms with E-state index in [0.717, 1.165) is 48.8 Å². The second kappa shape index (κ2) is 9.71. The molecule has 0 radical (unpaired) electrons. The molecule has 2 aromatic carbocycles. The predicted molar refractivity (Wildman–Crippen MR) is 137 cm³/mol. The Morgan fingerprint density at radius 2 is 1.63 bits per heavy atom. The van der Waals surface area contributed by atoms with Gasteiger partial charge in [-0.05, 0) is 60.9 Å². The Labute approximate surface area is 207 Å². The van der Waals surface area contributed by atoms with Crippen LogP contribution in [0.5, 0.6) is 0 Å². The quantitative estimate of drug-likeness (QED) is 0.464. The van der Waals surface area contributed by atoms with Gasteiger partial charge >= 0.3 is 0 Å². The molecule has 0 bridgehead atoms. The van der Waals surface area contributed by atoms with Crippen molar-refractivity contribution in [1.29, 1.82) is 0 Å². The van der Waals surface area contributed by atoms with Crippen LogP contribution in [0.3, 0.4) is 0 Å². The number of carbonyl (C=O) groups excluding carboxylic acids is 1. The summed E-state index contributed by atoms with van der Waals surface area (Å²) in [7, 11) is 0. The van der Waals surface area contributed by atoms with Gasteiger partial charge in [0.05, 0.1) is 18.7 Å². The minimum Gasteiger partial charge on any atom is -0.343 e. The highest BCUT2D eigenvalue weighted by Crippen LogP contribution is 2.44. The largest absolute Gasteiger partial charge is 0.343 e. The second-order valence-electron chi connectivity index (χ2n) is 10.4. The lowest BCUT2D eigenvalue weighted by molar-refractivity contribution is -0.214. The standard InChI is InChI=1S/C30H34N2O3/c33-29(20-22-4-1-2-5-22)32-16-13-27(14-17-32)30(34-18-19-35-30)26-10-7-23(8-11-26)24-9-12-28-25(21-24)6-3-15-31-28/h3,6-12,15,21-22,27H,1-2,4-5,13-14,16-20H2. The molecule has 182 valence electrons. The van der Waals surface area contributed by atoms with Gasteiger partial charge in [-0.2, -0.15) is 0 Å². The number of likely N-dealkylation sites (tertiary alicyclic amines) is 1. The minimum atomic E-state index is -0.702. The van der Waals surface area contributed by atoms with Gasteiger partial charge in [-0.25, -0.2) is 0 Å². The summed E-state index contributed by atoms with van der Waals surface area (Å²) in [6, 6.07) is 19.1. The van der Waals surface area contributed by atoms with E-state index in [2.05, 4.69) is 58.4 Å². The van der Waals surface area contributed by atoms with E-state index in [0.29, 0.717) is 25.0 Å². The monoisotopic (exact) mass is 470 g/mol. The molecular weight excluding hydrogens is 436 g/mol. The molecule has 35 heavy (non-hydrogen) atoms. The molecule has 0 atom stereocenters. The fourth-order valence-electron chi connectivity index (χ4n) is 6.32. The number of amides is 1. The van der Waals surface area contributed by atoms with Crippen molar-refractivity contribution in [3.63, 3.8) is 0 Å². The lowest BCUT2D eigenvalue weighted by Gasteiger charge is -2.41. The maximum Gasteiger partial charge on any atom is 0.222 e. The number of pyridine rings is 1. The number of benzene rings is 2. The van der Waals surface area contributed by atoms with Crippen molar-refractivity contribution in [2.75, 3.05) is 26.3 Å². The molecule has 0 unspecified atom stereocenters. The van der Waals surface area contributed by atoms with Crippen molar-refractivity contribution >= 4 is 16.8 Å². The molecule has 1 amide bonds. The van der Waals surface area contributed by atoms with E-state index in [4.69, 9.17) is 9.47 Å². The molecule has 3 aromatic rings. The van der Waals surface area contributed by atoms with Crippen LogP contribution in [0, 0.1) is 11.8 Å². The van der Waals surface area contributed by atoms with Gasteiger partial charge in [-0.3, -0.25) is 9.78 Å². The summed E-state index contributed by atoms with van der Waals surface area (Å²) in [5.74, 6) is 0.489. The third-order valence-electron chi connectivity index (χ3n) is 8.26. The van der Waals surface area contributed by atoms with Crippen LogP contribution in [0.4, 0.5) is 0 Å². The average molecular weight is 471 g/mol. The molecule has 5 nitrogen and oxygen atoms in total. The highest BCUT2D eigenvalue weighted by molar-refractivity contribution is 5.84. The van der Waals surface area contributed by atoms with Crippen molar-refractivity contribution in [3.8, 4) is 11.1 Å². The SMILES string of the molecule is O=C(CC1CCCC1)N1CCC(C2(c3ccc(-c4ccc5ncccc5c4)cc3)OCCO2)CC1. The normalized spacial score (nSPS) is 21.1. The molecule has 2 saturated heterocycles. The van der Waals surface area contributed by atoms with Crippen molar-refractivity contribution in [2.24, 2.45) is 11.8 Å². The Hall–Kier alpha value is -2.76. The molecule has 1 aliphatic carbocycles. The number of rotatable bonds is 5. The number of aromatic nitrogens is 1. The Bertz CT molecular complexity index is 1170. The fraction of sp³-hybridized carbons (Fsp3) is 0.467. The van der Waals surface area contributed by atoms with Gasteiger partial charge < -0.3 is 14.4 Å². The van der Waals surface area contributed by atoms with E-state index in [1.54, 1.807) is 0 Å². The fourth-order valence-corrected chi connectivity index (χ4v) is 6.32. The first-order valence-electron chi connectivity index (χ1n) is 13.2. The average Bonchev–Trinajstić information content (AvgIpc) is 3.62. The summed E-state index contributed by atoms with van der Waals surface area (Å²) in [4.78, 5) is 19.4. The van der Waals surface area contributed by atoms with Gasteiger partial charge in [0.25, 0.3) is 0 Å². The number of carbonyl (C=O) groups is 1. The number of piperidine rings is 1. The molecule has 5 heteroatoms. The van der Waals surface area contributed by atoms with Crippen LogP contribution in [-0.4, -0.2) is 42.1 Å². The van der Waals surface area contributed by atoms with Gasteiger partial charge in [-0.15, -0.1) is 0 Å². The first-order chi connectivity index (χ1) is 17.2. The predicted octanol–water partition coefficient (Wildman–Crippen LogP) is 5.92. The van der Waals surface area contributed by atoms with E-state index >= 15 is 0 Å². The van der Waals surface area contributed by atoms with Crippen LogP contribution < -0.4 is 0 Å². The maximum absolute atomic E-state index is 12.8. The van der Waals surface area contributed by atoms with Crippen LogP contribution in [0.1, 0.15) is 50.5 Å². The molecular formula is C30H34N2O3. The zero-order valence-corrected chi connectivity index (χ0v) is 20.3. The number of fused-ring (bicyclic) bond motifs is 1. The van der Waals surface area contributed by atoms with E-state index in [-0.39, 0.29) is 5.92 Å². The first-order valence-corrected chi connectivity index (χ1v) is 13.2. The summed E-state index contributed by atoms with van der Waals surface area (Å²) in [6.45, 7) is 2.82. The van der Waals surface area contributed by atoms with Crippen LogP contribution in [0.2, 0.25) is 0 Å². The minimum absolute atomic E-state index is 0.248. The Balaban J connectivity index is 1.17. The Morgan fingerprint density at radius 1 is 0.914 bits per heavy atom. The molecule has 0 spiro atoms. The van der Waals surface area contributed by atoms with Gasteiger partial charge in [-0.1, -0.05) is 49.2 Å². The van der Waals surface area contributed by atoms with E-state index in [1.165, 1.54) is 36.8 Å². The molecule has 1 saturated carbocycles. The van der Waals surface area contributed by atoms with E-state index in [1.807, 2.05) is 12.3 Å². The number of ether oxygens (including phenoxy) is 2. The molecule has 1 aromatic heterocycles. The number of hydrogen-bond donors (Lipinski definition) is 0. The zero-order chi connectivity index (χ0) is 23.7. The van der Waals surface area contributed by atoms with Crippen molar-refractivity contribution < 1.29 is 14.3 Å². The molecule has 6 rings (SSSR count). The third-order valence-corrected chi connectivity index (χ3v) is 8.26. The smallest absolute Gasteiger partial charge is 0.222 e. The lowest BCUT2D eigenvalue weighted by Crippen LogP contribution is -2.46. The van der Waals surface area contributed by atoms with E-state index in [9.17, 15) is 4.79 Å². The summed E-state index contributed by atoms with van der Waals surface area (Å²) < 4.78 is 12.7. The summed E-state index contributed by atoms with van der Waals surface area (Å²) in [6.07, 6.45) is 9.40. The van der Waals surface area contributed by atoms with Gasteiger partial charge in [0, 0.05) is 42.6 Å². The summed E-state index contributed by atoms with van der Waals surface area (Å²) in [5.41, 5.74) is 4.43. The van der Waals surface area contributed by atoms with E-state index < -0.39 is 5.79 Å². The van der Waals surface area contributed by atoms with Crippen molar-refractivity contribution in [2.45, 2.75) is 50.7 Å². The molecule has 3 heterocycles. The summed E-state index contributed by atoms with van der Waals surface area (Å²) >= 11 is 0. The highest BCUT2D eigenvalue weighted by Gasteiger charge is 2.47. The Kier molecular flexibility index (Phi) is 6.29. The van der Waals surface area contributed by atoms with Crippen LogP contribution in [0.15, 0.2) is 60.8 Å². The first kappa shape index (κ1) is 22.7. The topological polar surface area (TPSA) is 51.7 Å². The van der Waals surface area contributed by atoms with Crippen LogP contribution in [-0.2, 0) is 20.1 Å². The highest BCUT2D eigenvalue weighted by atomic mass is 16.7. The number of hydrogen-bond acceptors (Lipinski definition) is 4. The molecule has 3 aliphatic rings. The molecule has 3 fully saturated rings. The third kappa shape index (κ3) is 4.48. The lowest BCUT2D eigenvalue weighted by atomic mass is 9.83. The maximum atomic E-state index is 12.8. The molecule has 2 aliphatic heterocycles. The second-order valence-corrected chi connectivity index (χ2v) is 10.4. The van der Waals surface area contributed by atoms with Crippen LogP contribution in [0.25, 0.3) is 22.0 Å². The van der Waals surface area contributed by atoms with Crippen molar-refractivity contribution in [3.05, 3.63) is 66.4 Å². The molecule has 0 N–H and O–H groups in total. The van der Waals surface area contributed by atoms with Gasteiger partial charge in [0.2, 0.25) is 5.91 Å². The van der Waals surface area contributed by atoms with Gasteiger partial charge in [0.1, 0.15) is 0 Å². The zero-order valence-electron chi connectivity index (χ0n) is 20.3. The summed E-state index contributed by atoms with van der Waals surface area (Å²) in [5, 5.41) is 1.14. The van der Waals surface area contributed by atoms with Crippen molar-refractivity contribution in [1.82, 2.24) is 9.88 Å². The Morgan fingerprint density at radius 3 is 2.37 bits per heavy atom. The van der Waals surface area contributed by atoms with Gasteiger partial charge in [0.15, 0.2) is 5.79 Å². The number of nitrogens with zero attached hydrogens (tertiary/aromatic N) is 2.